The third-order valence-corrected chi connectivity index (χ3v) is 6.18. The summed E-state index contributed by atoms with van der Waals surface area (Å²) in [6.07, 6.45) is 2.87. The molecule has 8 heteroatoms. The van der Waals surface area contributed by atoms with E-state index in [0.29, 0.717) is 35.5 Å². The molecular weight excluding hydrogens is 448 g/mol. The van der Waals surface area contributed by atoms with Crippen LogP contribution in [0.2, 0.25) is 0 Å². The van der Waals surface area contributed by atoms with Crippen molar-refractivity contribution in [3.63, 3.8) is 0 Å². The van der Waals surface area contributed by atoms with E-state index >= 15 is 0 Å². The summed E-state index contributed by atoms with van der Waals surface area (Å²) < 4.78 is 11.1. The number of nitrogens with zero attached hydrogens (tertiary/aromatic N) is 2. The van der Waals surface area contributed by atoms with E-state index in [4.69, 9.17) is 9.26 Å². The molecule has 0 radical (unpaired) electrons. The van der Waals surface area contributed by atoms with Gasteiger partial charge < -0.3 is 19.5 Å². The first-order valence-electron chi connectivity index (χ1n) is 11.3. The van der Waals surface area contributed by atoms with Gasteiger partial charge in [-0.05, 0) is 37.1 Å². The zero-order valence-corrected chi connectivity index (χ0v) is 19.7. The highest BCUT2D eigenvalue weighted by Crippen LogP contribution is 2.44. The molecule has 180 valence electrons. The molecule has 0 saturated heterocycles. The lowest BCUT2D eigenvalue weighted by Gasteiger charge is -2.19. The third kappa shape index (κ3) is 4.30. The molecule has 4 aromatic rings. The Bertz CT molecular complexity index is 1330. The molecule has 35 heavy (non-hydrogen) atoms. The van der Waals surface area contributed by atoms with Gasteiger partial charge in [-0.15, -0.1) is 0 Å². The van der Waals surface area contributed by atoms with Crippen molar-refractivity contribution >= 4 is 11.8 Å². The van der Waals surface area contributed by atoms with Gasteiger partial charge in [-0.2, -0.15) is 0 Å². The Morgan fingerprint density at radius 1 is 0.971 bits per heavy atom. The summed E-state index contributed by atoms with van der Waals surface area (Å²) in [4.78, 5) is 25.3. The average Bonchev–Trinajstić information content (AvgIpc) is 3.52. The first-order valence-corrected chi connectivity index (χ1v) is 11.3. The van der Waals surface area contributed by atoms with Gasteiger partial charge in [0.15, 0.2) is 11.5 Å². The topological polar surface area (TPSA) is 115 Å². The maximum Gasteiger partial charge on any atom is 0.337 e. The van der Waals surface area contributed by atoms with Crippen LogP contribution in [0.25, 0.3) is 16.9 Å². The second-order valence-corrected chi connectivity index (χ2v) is 8.11. The largest absolute Gasteiger partial charge is 0.503 e. The van der Waals surface area contributed by atoms with Crippen LogP contribution < -0.4 is 0 Å². The molecule has 0 aliphatic heterocycles. The minimum Gasteiger partial charge on any atom is -0.503 e. The monoisotopic (exact) mass is 474 g/mol. The van der Waals surface area contributed by atoms with Crippen LogP contribution in [0, 0.1) is 0 Å². The molecule has 2 N–H and O–H groups in total. The van der Waals surface area contributed by atoms with Crippen molar-refractivity contribution in [3.05, 3.63) is 83.2 Å². The normalized spacial score (nSPS) is 11.1. The summed E-state index contributed by atoms with van der Waals surface area (Å²) in [5, 5.41) is 25.8. The van der Waals surface area contributed by atoms with Crippen molar-refractivity contribution in [2.24, 2.45) is 0 Å². The van der Waals surface area contributed by atoms with Gasteiger partial charge in [0.1, 0.15) is 12.0 Å². The van der Waals surface area contributed by atoms with Crippen molar-refractivity contribution in [3.8, 4) is 28.6 Å². The second-order valence-electron chi connectivity index (χ2n) is 8.11. The summed E-state index contributed by atoms with van der Waals surface area (Å²) in [7, 11) is 1.28. The van der Waals surface area contributed by atoms with Crippen molar-refractivity contribution < 1.29 is 29.1 Å². The predicted octanol–water partition coefficient (Wildman–Crippen LogP) is 5.46. The Labute approximate surface area is 202 Å². The second kappa shape index (κ2) is 9.89. The molecule has 2 aromatic heterocycles. The maximum absolute atomic E-state index is 13.6. The zero-order chi connectivity index (χ0) is 25.1. The number of carbonyl (C=O) groups excluding carboxylic acids is 2. The van der Waals surface area contributed by atoms with Crippen LogP contribution in [-0.2, 0) is 4.74 Å². The summed E-state index contributed by atoms with van der Waals surface area (Å²) in [5.74, 6) is -1.95. The quantitative estimate of drug-likeness (QED) is 0.257. The van der Waals surface area contributed by atoms with E-state index in [1.54, 1.807) is 18.2 Å². The van der Waals surface area contributed by atoms with Crippen molar-refractivity contribution in [2.75, 3.05) is 7.11 Å². The molecule has 0 unspecified atom stereocenters. The summed E-state index contributed by atoms with van der Waals surface area (Å²) in [6.45, 7) is 3.99. The fourth-order valence-corrected chi connectivity index (χ4v) is 4.27. The van der Waals surface area contributed by atoms with E-state index in [0.717, 1.165) is 5.56 Å². The Balaban J connectivity index is 1.83. The van der Waals surface area contributed by atoms with Gasteiger partial charge in [-0.1, -0.05) is 43.3 Å². The molecule has 2 aromatic carbocycles. The number of aromatic nitrogens is 2. The smallest absolute Gasteiger partial charge is 0.337 e. The number of hydrogen-bond acceptors (Lipinski definition) is 7. The first kappa shape index (κ1) is 23.8. The number of methoxy groups -OCH3 is 1. The highest BCUT2D eigenvalue weighted by molar-refractivity contribution is 6.12. The highest BCUT2D eigenvalue weighted by atomic mass is 16.5. The van der Waals surface area contributed by atoms with Crippen LogP contribution in [0.3, 0.4) is 0 Å². The van der Waals surface area contributed by atoms with E-state index in [-0.39, 0.29) is 17.0 Å². The van der Waals surface area contributed by atoms with E-state index < -0.39 is 23.4 Å². The number of carbonyl (C=O) groups is 2. The summed E-state index contributed by atoms with van der Waals surface area (Å²) >= 11 is 0. The molecule has 0 spiro atoms. The third-order valence-electron chi connectivity index (χ3n) is 6.18. The highest BCUT2D eigenvalue weighted by Gasteiger charge is 2.32. The Kier molecular flexibility index (Phi) is 6.73. The summed E-state index contributed by atoms with van der Waals surface area (Å²) in [6, 6.07) is 15.0. The lowest BCUT2D eigenvalue weighted by atomic mass is 9.92. The van der Waals surface area contributed by atoms with Gasteiger partial charge in [0, 0.05) is 34.5 Å². The number of esters is 1. The lowest BCUT2D eigenvalue weighted by Crippen LogP contribution is -2.12. The van der Waals surface area contributed by atoms with Crippen LogP contribution in [-0.4, -0.2) is 38.8 Å². The van der Waals surface area contributed by atoms with Crippen LogP contribution in [0.15, 0.2) is 65.4 Å². The molecule has 0 atom stereocenters. The van der Waals surface area contributed by atoms with Crippen LogP contribution in [0.5, 0.6) is 11.6 Å². The molecule has 0 amide bonds. The molecular formula is C27H26N2O6. The fraction of sp³-hybridized carbons (Fsp3) is 0.222. The lowest BCUT2D eigenvalue weighted by molar-refractivity contribution is 0.0600. The molecule has 4 rings (SSSR count). The van der Waals surface area contributed by atoms with E-state index in [2.05, 4.69) is 5.16 Å². The van der Waals surface area contributed by atoms with Gasteiger partial charge in [-0.25, -0.2) is 4.79 Å². The number of ether oxygens (including phenoxy) is 1. The van der Waals surface area contributed by atoms with Crippen LogP contribution in [0.4, 0.5) is 0 Å². The van der Waals surface area contributed by atoms with Gasteiger partial charge in [0.05, 0.1) is 18.2 Å². The standard InChI is InChI=1S/C27H26N2O6/c1-4-16(5-2)23-22(24(30)18-6-8-19(9-7-18)27(33)34-3)25(31)26(32)29(23)20-12-10-17(11-13-20)21-14-15-35-28-21/h6-16,31-32H,4-5H2,1-3H3. The van der Waals surface area contributed by atoms with E-state index in [9.17, 15) is 19.8 Å². The Morgan fingerprint density at radius 3 is 2.14 bits per heavy atom. The average molecular weight is 475 g/mol. The van der Waals surface area contributed by atoms with Crippen molar-refractivity contribution in [1.82, 2.24) is 9.72 Å². The molecule has 0 aliphatic carbocycles. The van der Waals surface area contributed by atoms with Crippen molar-refractivity contribution in [1.29, 1.82) is 0 Å². The first-order chi connectivity index (χ1) is 16.9. The molecule has 0 saturated carbocycles. The Morgan fingerprint density at radius 2 is 1.60 bits per heavy atom. The van der Waals surface area contributed by atoms with Gasteiger partial charge in [-0.3, -0.25) is 9.36 Å². The predicted molar refractivity (Wildman–Crippen MR) is 129 cm³/mol. The van der Waals surface area contributed by atoms with E-state index in [1.807, 2.05) is 26.0 Å². The Hall–Kier alpha value is -4.33. The van der Waals surface area contributed by atoms with Crippen molar-refractivity contribution in [2.45, 2.75) is 32.6 Å². The van der Waals surface area contributed by atoms with Gasteiger partial charge in [0.25, 0.3) is 0 Å². The molecule has 0 fully saturated rings. The molecule has 8 nitrogen and oxygen atoms in total. The number of benzene rings is 2. The molecule has 2 heterocycles. The summed E-state index contributed by atoms with van der Waals surface area (Å²) in [5.41, 5.74) is 3.24. The van der Waals surface area contributed by atoms with Gasteiger partial charge >= 0.3 is 5.97 Å². The fourth-order valence-electron chi connectivity index (χ4n) is 4.27. The van der Waals surface area contributed by atoms with Gasteiger partial charge in [0.2, 0.25) is 5.88 Å². The molecule has 0 bridgehead atoms. The number of aromatic hydroxyl groups is 2. The number of hydrogen-bond donors (Lipinski definition) is 2. The van der Waals surface area contributed by atoms with Crippen LogP contribution >= 0.6 is 0 Å². The van der Waals surface area contributed by atoms with Crippen LogP contribution in [0.1, 0.15) is 64.6 Å². The number of ketones is 1. The molecule has 0 aliphatic rings. The van der Waals surface area contributed by atoms with E-state index in [1.165, 1.54) is 42.2 Å². The SMILES string of the molecule is CCC(CC)c1c(C(=O)c2ccc(C(=O)OC)cc2)c(O)c(O)n1-c1ccc(-c2ccon2)cc1. The number of rotatable bonds is 8. The zero-order valence-electron chi connectivity index (χ0n) is 19.7. The minimum atomic E-state index is -0.512. The maximum atomic E-state index is 13.6. The minimum absolute atomic E-state index is 0.0441.